The Kier molecular flexibility index (Phi) is 11.3. The summed E-state index contributed by atoms with van der Waals surface area (Å²) in [5, 5.41) is 8.95. The van der Waals surface area contributed by atoms with Crippen LogP contribution < -0.4 is 30.2 Å². The molecular formula is C33H30ClN3O6S. The quantitative estimate of drug-likeness (QED) is 0.121. The summed E-state index contributed by atoms with van der Waals surface area (Å²) < 4.78 is 16.3. The normalized spacial score (nSPS) is 10.9. The van der Waals surface area contributed by atoms with E-state index in [1.807, 2.05) is 6.07 Å². The average Bonchev–Trinajstić information content (AvgIpc) is 3.04. The van der Waals surface area contributed by atoms with Crippen LogP contribution in [0.1, 0.15) is 15.9 Å². The largest absolute Gasteiger partial charge is 0.496 e. The molecule has 4 rings (SSSR count). The fourth-order valence-corrected chi connectivity index (χ4v) is 4.89. The van der Waals surface area contributed by atoms with E-state index in [1.54, 1.807) is 84.9 Å². The molecule has 4 aromatic carbocycles. The van der Waals surface area contributed by atoms with Gasteiger partial charge in [0.1, 0.15) is 11.4 Å². The zero-order chi connectivity index (χ0) is 31.5. The molecule has 3 N–H and O–H groups in total. The van der Waals surface area contributed by atoms with Crippen molar-refractivity contribution < 1.29 is 28.6 Å². The van der Waals surface area contributed by atoms with Crippen molar-refractivity contribution in [2.24, 2.45) is 0 Å². The van der Waals surface area contributed by atoms with Crippen LogP contribution in [0.4, 0.5) is 11.4 Å². The minimum atomic E-state index is -0.575. The summed E-state index contributed by atoms with van der Waals surface area (Å²) in [4.78, 5) is 39.9. The zero-order valence-corrected chi connectivity index (χ0v) is 25.8. The molecule has 9 nitrogen and oxygen atoms in total. The minimum absolute atomic E-state index is 0.0372. The van der Waals surface area contributed by atoms with Gasteiger partial charge in [0.25, 0.3) is 11.8 Å². The highest BCUT2D eigenvalue weighted by atomic mass is 35.5. The van der Waals surface area contributed by atoms with Crippen LogP contribution in [0.5, 0.6) is 17.2 Å². The molecule has 226 valence electrons. The van der Waals surface area contributed by atoms with Crippen LogP contribution in [0.25, 0.3) is 6.08 Å². The molecule has 11 heteroatoms. The number of rotatable bonds is 12. The monoisotopic (exact) mass is 631 g/mol. The third-order valence-electron chi connectivity index (χ3n) is 6.15. The summed E-state index contributed by atoms with van der Waals surface area (Å²) in [6.07, 6.45) is 1.50. The molecule has 3 amide bonds. The maximum absolute atomic E-state index is 13.6. The highest BCUT2D eigenvalue weighted by Crippen LogP contribution is 2.35. The van der Waals surface area contributed by atoms with Crippen LogP contribution in [-0.4, -0.2) is 44.8 Å². The van der Waals surface area contributed by atoms with Crippen molar-refractivity contribution in [2.75, 3.05) is 37.7 Å². The molecule has 0 radical (unpaired) electrons. The maximum Gasteiger partial charge on any atom is 0.272 e. The molecule has 0 saturated heterocycles. The van der Waals surface area contributed by atoms with Gasteiger partial charge in [0.2, 0.25) is 5.91 Å². The molecule has 44 heavy (non-hydrogen) atoms. The van der Waals surface area contributed by atoms with Crippen molar-refractivity contribution in [3.63, 3.8) is 0 Å². The second kappa shape index (κ2) is 15.5. The molecule has 0 atom stereocenters. The van der Waals surface area contributed by atoms with Crippen LogP contribution in [0.3, 0.4) is 0 Å². The van der Waals surface area contributed by atoms with Gasteiger partial charge >= 0.3 is 0 Å². The lowest BCUT2D eigenvalue weighted by atomic mass is 10.1. The second-order valence-corrected chi connectivity index (χ2v) is 10.6. The Labute approximate surface area is 264 Å². The van der Waals surface area contributed by atoms with E-state index >= 15 is 0 Å². The summed E-state index contributed by atoms with van der Waals surface area (Å²) in [7, 11) is 4.49. The Morgan fingerprint density at radius 3 is 2.11 bits per heavy atom. The summed E-state index contributed by atoms with van der Waals surface area (Å²) in [6, 6.07) is 25.7. The Hall–Kier alpha value is -4.93. The van der Waals surface area contributed by atoms with Crippen molar-refractivity contribution in [1.29, 1.82) is 0 Å². The standard InChI is InChI=1S/C33H30ClN3O6S/c1-41-28-19-30(43-3)29(42-2)17-22(28)16-27(37-32(39)21-8-5-4-6-9-21)33(40)36-25-10-7-11-26(18-25)44-20-31(38)35-24-14-12-23(34)13-15-24/h4-19H,20H2,1-3H3,(H,35,38)(H,36,40)(H,37,39)/b27-16+. The van der Waals surface area contributed by atoms with Crippen molar-refractivity contribution in [1.82, 2.24) is 5.32 Å². The van der Waals surface area contributed by atoms with E-state index in [4.69, 9.17) is 25.8 Å². The number of hydrogen-bond donors (Lipinski definition) is 3. The molecule has 0 fully saturated rings. The first-order chi connectivity index (χ1) is 21.3. The molecule has 0 aliphatic heterocycles. The molecule has 0 bridgehead atoms. The van der Waals surface area contributed by atoms with E-state index < -0.39 is 11.8 Å². The van der Waals surface area contributed by atoms with Gasteiger partial charge in [-0.1, -0.05) is 35.9 Å². The van der Waals surface area contributed by atoms with E-state index in [1.165, 1.54) is 39.2 Å². The predicted octanol–water partition coefficient (Wildman–Crippen LogP) is 6.51. The Balaban J connectivity index is 1.55. The van der Waals surface area contributed by atoms with Crippen molar-refractivity contribution in [3.05, 3.63) is 113 Å². The van der Waals surface area contributed by atoms with Gasteiger partial charge < -0.3 is 30.2 Å². The van der Waals surface area contributed by atoms with Gasteiger partial charge in [0.15, 0.2) is 11.5 Å². The molecule has 0 spiro atoms. The number of ether oxygens (including phenoxy) is 3. The summed E-state index contributed by atoms with van der Waals surface area (Å²) >= 11 is 7.21. The number of carbonyl (C=O) groups is 3. The first kappa shape index (κ1) is 32.0. The van der Waals surface area contributed by atoms with Crippen LogP contribution in [-0.2, 0) is 9.59 Å². The summed E-state index contributed by atoms with van der Waals surface area (Å²) in [5.74, 6) is 0.172. The van der Waals surface area contributed by atoms with E-state index in [-0.39, 0.29) is 17.4 Å². The number of hydrogen-bond acceptors (Lipinski definition) is 7. The van der Waals surface area contributed by atoms with Crippen molar-refractivity contribution >= 4 is 58.5 Å². The van der Waals surface area contributed by atoms with E-state index in [2.05, 4.69) is 16.0 Å². The van der Waals surface area contributed by atoms with E-state index in [0.717, 1.165) is 4.90 Å². The number of thioether (sulfide) groups is 1. The van der Waals surface area contributed by atoms with Crippen molar-refractivity contribution in [2.45, 2.75) is 4.90 Å². The van der Waals surface area contributed by atoms with Gasteiger partial charge in [-0.25, -0.2) is 0 Å². The number of methoxy groups -OCH3 is 3. The van der Waals surface area contributed by atoms with Gasteiger partial charge in [-0.15, -0.1) is 11.8 Å². The fraction of sp³-hybridized carbons (Fsp3) is 0.121. The molecule has 0 unspecified atom stereocenters. The second-order valence-electron chi connectivity index (χ2n) is 9.15. The predicted molar refractivity (Wildman–Crippen MR) is 174 cm³/mol. The van der Waals surface area contributed by atoms with Crippen LogP contribution in [0.2, 0.25) is 5.02 Å². The fourth-order valence-electron chi connectivity index (χ4n) is 4.00. The smallest absolute Gasteiger partial charge is 0.272 e. The van der Waals surface area contributed by atoms with Crippen LogP contribution in [0, 0.1) is 0 Å². The number of benzene rings is 4. The third kappa shape index (κ3) is 8.79. The molecule has 0 aromatic heterocycles. The molecule has 4 aromatic rings. The lowest BCUT2D eigenvalue weighted by Crippen LogP contribution is -2.30. The van der Waals surface area contributed by atoms with Gasteiger partial charge in [-0.3, -0.25) is 14.4 Å². The number of amides is 3. The molecule has 0 heterocycles. The molecule has 0 aliphatic carbocycles. The lowest BCUT2D eigenvalue weighted by Gasteiger charge is -2.15. The molecular weight excluding hydrogens is 602 g/mol. The Morgan fingerprint density at radius 1 is 0.750 bits per heavy atom. The number of halogens is 1. The Bertz CT molecular complexity index is 1660. The summed E-state index contributed by atoms with van der Waals surface area (Å²) in [5.41, 5.74) is 1.92. The number of carbonyl (C=O) groups excluding carboxylic acids is 3. The highest BCUT2D eigenvalue weighted by molar-refractivity contribution is 8.00. The van der Waals surface area contributed by atoms with Gasteiger partial charge in [0.05, 0.1) is 27.1 Å². The lowest BCUT2D eigenvalue weighted by molar-refractivity contribution is -0.114. The molecule has 0 saturated carbocycles. The van der Waals surface area contributed by atoms with E-state index in [9.17, 15) is 14.4 Å². The maximum atomic E-state index is 13.6. The van der Waals surface area contributed by atoms with Gasteiger partial charge in [-0.2, -0.15) is 0 Å². The topological polar surface area (TPSA) is 115 Å². The first-order valence-corrected chi connectivity index (χ1v) is 14.6. The van der Waals surface area contributed by atoms with Crippen LogP contribution in [0.15, 0.2) is 102 Å². The van der Waals surface area contributed by atoms with Gasteiger partial charge in [-0.05, 0) is 66.7 Å². The average molecular weight is 632 g/mol. The Morgan fingerprint density at radius 2 is 1.43 bits per heavy atom. The molecule has 0 aliphatic rings. The third-order valence-corrected chi connectivity index (χ3v) is 7.40. The number of anilines is 2. The van der Waals surface area contributed by atoms with Crippen LogP contribution >= 0.6 is 23.4 Å². The summed E-state index contributed by atoms with van der Waals surface area (Å²) in [6.45, 7) is 0. The SMILES string of the molecule is COc1cc(OC)c(OC)cc1/C=C(/NC(=O)c1ccccc1)C(=O)Nc1cccc(SCC(=O)Nc2ccc(Cl)cc2)c1. The van der Waals surface area contributed by atoms with Gasteiger partial charge in [0, 0.05) is 38.5 Å². The highest BCUT2D eigenvalue weighted by Gasteiger charge is 2.18. The number of nitrogens with one attached hydrogen (secondary N) is 3. The minimum Gasteiger partial charge on any atom is -0.496 e. The van der Waals surface area contributed by atoms with Crippen molar-refractivity contribution in [3.8, 4) is 17.2 Å². The van der Waals surface area contributed by atoms with E-state index in [0.29, 0.717) is 44.8 Å². The zero-order valence-electron chi connectivity index (χ0n) is 24.2. The first-order valence-electron chi connectivity index (χ1n) is 13.3.